The number of amides is 2. The van der Waals surface area contributed by atoms with E-state index in [1.165, 1.54) is 12.1 Å². The van der Waals surface area contributed by atoms with Gasteiger partial charge in [0.05, 0.1) is 6.61 Å². The quantitative estimate of drug-likeness (QED) is 0.381. The van der Waals surface area contributed by atoms with Crippen molar-refractivity contribution in [1.82, 2.24) is 15.1 Å². The topological polar surface area (TPSA) is 119 Å². The summed E-state index contributed by atoms with van der Waals surface area (Å²) in [6.45, 7) is 7.78. The first kappa shape index (κ1) is 31.3. The van der Waals surface area contributed by atoms with Crippen LogP contribution in [0.15, 0.2) is 60.7 Å². The molecule has 9 nitrogen and oxygen atoms in total. The van der Waals surface area contributed by atoms with Gasteiger partial charge in [-0.2, -0.15) is 0 Å². The molecule has 3 N–H and O–H groups in total. The lowest BCUT2D eigenvalue weighted by atomic mass is 10.0. The predicted molar refractivity (Wildman–Crippen MR) is 146 cm³/mol. The van der Waals surface area contributed by atoms with Crippen LogP contribution in [-0.2, 0) is 22.7 Å². The van der Waals surface area contributed by atoms with Gasteiger partial charge in [-0.1, -0.05) is 38.1 Å². The van der Waals surface area contributed by atoms with E-state index in [4.69, 9.17) is 14.9 Å². The number of urea groups is 1. The molecule has 0 aromatic heterocycles. The molecule has 39 heavy (non-hydrogen) atoms. The van der Waals surface area contributed by atoms with Gasteiger partial charge in [0.15, 0.2) is 0 Å². The zero-order valence-electron chi connectivity index (χ0n) is 22.7. The maximum Gasteiger partial charge on any atom is 0.328 e. The third-order valence-electron chi connectivity index (χ3n) is 5.97. The van der Waals surface area contributed by atoms with Crippen molar-refractivity contribution in [3.05, 3.63) is 77.6 Å². The van der Waals surface area contributed by atoms with Gasteiger partial charge in [0.2, 0.25) is 0 Å². The van der Waals surface area contributed by atoms with E-state index in [0.717, 1.165) is 42.8 Å². The van der Waals surface area contributed by atoms with Crippen LogP contribution in [0.5, 0.6) is 5.75 Å². The van der Waals surface area contributed by atoms with E-state index in [1.807, 2.05) is 29.2 Å². The molecule has 1 saturated heterocycles. The minimum atomic E-state index is -1.26. The number of rotatable bonds is 10. The first-order valence-electron chi connectivity index (χ1n) is 12.9. The molecular formula is C29H38FN3O6. The molecule has 1 aliphatic heterocycles. The molecule has 0 atom stereocenters. The number of aliphatic carboxylic acids is 2. The Morgan fingerprint density at radius 1 is 1.00 bits per heavy atom. The Morgan fingerprint density at radius 3 is 2.05 bits per heavy atom. The largest absolute Gasteiger partial charge is 0.493 e. The van der Waals surface area contributed by atoms with Crippen molar-refractivity contribution in [2.45, 2.75) is 45.8 Å². The standard InChI is InChI=1S/C25H34FN3O2.C4H4O4/c1-19(2)18-31-24-10-6-20(7-11-24)16-27-25(30)29(23-12-14-28(3)15-13-23)17-21-4-8-22(26)9-5-21;5-3(6)1-2-4(7)8/h4-11,19,23H,12-18H2,1-3H3,(H,27,30);1-2H,(H,5,6)(H,7,8)/b;2-1-. The van der Waals surface area contributed by atoms with Crippen LogP contribution >= 0.6 is 0 Å². The van der Waals surface area contributed by atoms with E-state index in [-0.39, 0.29) is 17.9 Å². The molecule has 10 heteroatoms. The highest BCUT2D eigenvalue weighted by Crippen LogP contribution is 2.19. The summed E-state index contributed by atoms with van der Waals surface area (Å²) in [6.07, 6.45) is 2.99. The third-order valence-corrected chi connectivity index (χ3v) is 5.97. The molecule has 0 radical (unpaired) electrons. The van der Waals surface area contributed by atoms with Crippen molar-refractivity contribution >= 4 is 18.0 Å². The van der Waals surface area contributed by atoms with Gasteiger partial charge < -0.3 is 30.1 Å². The average Bonchev–Trinajstić information content (AvgIpc) is 2.90. The van der Waals surface area contributed by atoms with Crippen LogP contribution in [0.25, 0.3) is 0 Å². The third kappa shape index (κ3) is 12.4. The lowest BCUT2D eigenvalue weighted by Crippen LogP contribution is -2.49. The molecule has 2 aromatic rings. The summed E-state index contributed by atoms with van der Waals surface area (Å²) in [5.41, 5.74) is 1.96. The highest BCUT2D eigenvalue weighted by atomic mass is 19.1. The molecule has 0 spiro atoms. The summed E-state index contributed by atoms with van der Waals surface area (Å²) < 4.78 is 19.0. The van der Waals surface area contributed by atoms with Crippen molar-refractivity contribution < 1.29 is 33.7 Å². The molecule has 2 amide bonds. The summed E-state index contributed by atoms with van der Waals surface area (Å²) in [6, 6.07) is 14.3. The molecule has 1 fully saturated rings. The molecule has 212 valence electrons. The molecule has 0 unspecified atom stereocenters. The summed E-state index contributed by atoms with van der Waals surface area (Å²) in [5.74, 6) is -1.46. The number of nitrogens with one attached hydrogen (secondary N) is 1. The van der Waals surface area contributed by atoms with Crippen molar-refractivity contribution in [2.75, 3.05) is 26.7 Å². The Balaban J connectivity index is 0.000000580. The maximum absolute atomic E-state index is 13.3. The number of hydrogen-bond donors (Lipinski definition) is 3. The van der Waals surface area contributed by atoms with Gasteiger partial charge in [-0.25, -0.2) is 18.8 Å². The fourth-order valence-electron chi connectivity index (χ4n) is 3.85. The number of hydrogen-bond acceptors (Lipinski definition) is 5. The maximum atomic E-state index is 13.3. The van der Waals surface area contributed by atoms with E-state index < -0.39 is 11.9 Å². The van der Waals surface area contributed by atoms with Crippen molar-refractivity contribution in [3.63, 3.8) is 0 Å². The summed E-state index contributed by atoms with van der Waals surface area (Å²) in [5, 5.41) is 18.7. The monoisotopic (exact) mass is 543 g/mol. The van der Waals surface area contributed by atoms with Crippen molar-refractivity contribution in [3.8, 4) is 5.75 Å². The van der Waals surface area contributed by atoms with E-state index in [2.05, 4.69) is 31.1 Å². The van der Waals surface area contributed by atoms with E-state index >= 15 is 0 Å². The van der Waals surface area contributed by atoms with Crippen LogP contribution in [0.1, 0.15) is 37.8 Å². The number of ether oxygens (including phenoxy) is 1. The van der Waals surface area contributed by atoms with Gasteiger partial charge in [0.1, 0.15) is 11.6 Å². The van der Waals surface area contributed by atoms with Crippen LogP contribution < -0.4 is 10.1 Å². The van der Waals surface area contributed by atoms with Gasteiger partial charge in [-0.15, -0.1) is 0 Å². The second kappa shape index (κ2) is 16.1. The normalized spacial score (nSPS) is 14.0. The van der Waals surface area contributed by atoms with Crippen LogP contribution in [0, 0.1) is 11.7 Å². The van der Waals surface area contributed by atoms with Crippen molar-refractivity contribution in [1.29, 1.82) is 0 Å². The number of carboxylic acid groups (broad SMARTS) is 2. The number of piperidine rings is 1. The van der Waals surface area contributed by atoms with Crippen LogP contribution in [-0.4, -0.2) is 70.8 Å². The number of benzene rings is 2. The fourth-order valence-corrected chi connectivity index (χ4v) is 3.85. The number of likely N-dealkylation sites (tertiary alicyclic amines) is 1. The Morgan fingerprint density at radius 2 is 1.54 bits per heavy atom. The first-order valence-corrected chi connectivity index (χ1v) is 12.9. The summed E-state index contributed by atoms with van der Waals surface area (Å²) in [7, 11) is 2.11. The number of carbonyl (C=O) groups excluding carboxylic acids is 1. The van der Waals surface area contributed by atoms with E-state index in [9.17, 15) is 18.8 Å². The van der Waals surface area contributed by atoms with Gasteiger partial charge in [-0.3, -0.25) is 0 Å². The predicted octanol–water partition coefficient (Wildman–Crippen LogP) is 4.38. The lowest BCUT2D eigenvalue weighted by Gasteiger charge is -2.37. The molecular weight excluding hydrogens is 505 g/mol. The van der Waals surface area contributed by atoms with Crippen LogP contribution in [0.3, 0.4) is 0 Å². The smallest absolute Gasteiger partial charge is 0.328 e. The molecule has 1 aliphatic rings. The van der Waals surface area contributed by atoms with Gasteiger partial charge in [0, 0.05) is 31.3 Å². The second-order valence-corrected chi connectivity index (χ2v) is 9.81. The van der Waals surface area contributed by atoms with Crippen LogP contribution in [0.4, 0.5) is 9.18 Å². The Kier molecular flexibility index (Phi) is 12.9. The summed E-state index contributed by atoms with van der Waals surface area (Å²) in [4.78, 5) is 36.4. The number of nitrogens with zero attached hydrogens (tertiary/aromatic N) is 2. The second-order valence-electron chi connectivity index (χ2n) is 9.81. The van der Waals surface area contributed by atoms with Gasteiger partial charge >= 0.3 is 18.0 Å². The highest BCUT2D eigenvalue weighted by molar-refractivity contribution is 5.89. The van der Waals surface area contributed by atoms with E-state index in [1.54, 1.807) is 12.1 Å². The fraction of sp³-hybridized carbons (Fsp3) is 0.414. The average molecular weight is 544 g/mol. The van der Waals surface area contributed by atoms with Gasteiger partial charge in [-0.05, 0) is 74.3 Å². The zero-order valence-corrected chi connectivity index (χ0v) is 22.7. The number of carboxylic acids is 2. The minimum absolute atomic E-state index is 0.0842. The molecule has 0 saturated carbocycles. The minimum Gasteiger partial charge on any atom is -0.493 e. The molecule has 3 rings (SSSR count). The molecule has 0 bridgehead atoms. The number of halogens is 1. The first-order chi connectivity index (χ1) is 18.5. The summed E-state index contributed by atoms with van der Waals surface area (Å²) >= 11 is 0. The highest BCUT2D eigenvalue weighted by Gasteiger charge is 2.27. The SMILES string of the molecule is CC(C)COc1ccc(CNC(=O)N(Cc2ccc(F)cc2)C2CCN(C)CC2)cc1.O=C(O)/C=C\C(=O)O. The Labute approximate surface area is 228 Å². The number of carbonyl (C=O) groups is 3. The van der Waals surface area contributed by atoms with Crippen molar-refractivity contribution in [2.24, 2.45) is 5.92 Å². The lowest BCUT2D eigenvalue weighted by molar-refractivity contribution is -0.134. The van der Waals surface area contributed by atoms with Gasteiger partial charge in [0.25, 0.3) is 0 Å². The molecule has 0 aliphatic carbocycles. The zero-order chi connectivity index (χ0) is 28.8. The van der Waals surface area contributed by atoms with E-state index in [0.29, 0.717) is 37.8 Å². The Bertz CT molecular complexity index is 1070. The Hall–Kier alpha value is -3.92. The van der Waals surface area contributed by atoms with Crippen LogP contribution in [0.2, 0.25) is 0 Å². The molecule has 1 heterocycles. The molecule has 2 aromatic carbocycles.